The van der Waals surface area contributed by atoms with Crippen molar-refractivity contribution in [3.05, 3.63) is 41.9 Å². The van der Waals surface area contributed by atoms with Crippen LogP contribution in [0.1, 0.15) is 6.92 Å². The summed E-state index contributed by atoms with van der Waals surface area (Å²) in [6.07, 6.45) is 1.70. The fourth-order valence-electron chi connectivity index (χ4n) is 2.01. The maximum absolute atomic E-state index is 12.7. The van der Waals surface area contributed by atoms with E-state index in [1.165, 1.54) is 11.3 Å². The number of benzene rings is 1. The smallest absolute Gasteiger partial charge is 0.281 e. The maximum atomic E-state index is 12.7. The van der Waals surface area contributed by atoms with Gasteiger partial charge < -0.3 is 5.32 Å². The molecular formula is C13H14N4O2S2. The molecule has 2 aromatic heterocycles. The first kappa shape index (κ1) is 13.9. The third kappa shape index (κ3) is 2.59. The number of sulfonamides is 1. The van der Waals surface area contributed by atoms with E-state index in [0.717, 1.165) is 0 Å². The van der Waals surface area contributed by atoms with Crippen LogP contribution in [0.4, 0.5) is 11.5 Å². The number of nitrogens with zero attached hydrogens (tertiary/aromatic N) is 2. The number of thiazole rings is 1. The zero-order chi connectivity index (χ0) is 14.9. The molecule has 3 rings (SSSR count). The normalized spacial score (nSPS) is 11.7. The van der Waals surface area contributed by atoms with E-state index < -0.39 is 10.0 Å². The molecule has 0 spiro atoms. The minimum atomic E-state index is -3.72. The van der Waals surface area contributed by atoms with E-state index in [4.69, 9.17) is 0 Å². The Bertz CT molecular complexity index is 853. The fourth-order valence-corrected chi connectivity index (χ4v) is 4.11. The molecule has 0 aliphatic heterocycles. The second kappa shape index (κ2) is 5.38. The van der Waals surface area contributed by atoms with Crippen LogP contribution in [-0.2, 0) is 10.0 Å². The van der Waals surface area contributed by atoms with Crippen LogP contribution in [0.25, 0.3) is 4.96 Å². The minimum absolute atomic E-state index is 0.129. The van der Waals surface area contributed by atoms with Crippen LogP contribution in [0, 0.1) is 0 Å². The van der Waals surface area contributed by atoms with Gasteiger partial charge in [-0.1, -0.05) is 18.2 Å². The third-order valence-electron chi connectivity index (χ3n) is 2.84. The van der Waals surface area contributed by atoms with Crippen LogP contribution in [-0.4, -0.2) is 24.3 Å². The summed E-state index contributed by atoms with van der Waals surface area (Å²) in [5, 5.41) is 4.93. The molecule has 0 aliphatic carbocycles. The predicted octanol–water partition coefficient (Wildman–Crippen LogP) is 2.63. The largest absolute Gasteiger partial charge is 0.368 e. The maximum Gasteiger partial charge on any atom is 0.281 e. The number of hydrogen-bond acceptors (Lipinski definition) is 5. The summed E-state index contributed by atoms with van der Waals surface area (Å²) in [6, 6.07) is 8.80. The standard InChI is InChI=1S/C13H14N4O2S2/c1-2-14-11-12(17-8-9-20-13(17)15-11)21(18,19)16-10-6-4-3-5-7-10/h3-9,14,16H,2H2,1H3. The number of fused-ring (bicyclic) bond motifs is 1. The van der Waals surface area contributed by atoms with Crippen molar-refractivity contribution in [1.82, 2.24) is 9.38 Å². The molecule has 1 aromatic carbocycles. The minimum Gasteiger partial charge on any atom is -0.368 e. The van der Waals surface area contributed by atoms with Crippen molar-refractivity contribution >= 4 is 37.8 Å². The number of anilines is 2. The highest BCUT2D eigenvalue weighted by atomic mass is 32.2. The molecule has 6 nitrogen and oxygen atoms in total. The van der Waals surface area contributed by atoms with E-state index in [0.29, 0.717) is 23.0 Å². The molecule has 8 heteroatoms. The molecule has 0 radical (unpaired) electrons. The van der Waals surface area contributed by atoms with Gasteiger partial charge in [-0.05, 0) is 19.1 Å². The zero-order valence-electron chi connectivity index (χ0n) is 11.3. The molecule has 0 amide bonds. The van der Waals surface area contributed by atoms with Crippen LogP contribution < -0.4 is 10.0 Å². The van der Waals surface area contributed by atoms with Gasteiger partial charge in [0, 0.05) is 23.8 Å². The lowest BCUT2D eigenvalue weighted by Crippen LogP contribution is -2.16. The quantitative estimate of drug-likeness (QED) is 0.757. The van der Waals surface area contributed by atoms with Gasteiger partial charge in [-0.15, -0.1) is 11.3 Å². The molecule has 2 N–H and O–H groups in total. The molecule has 110 valence electrons. The zero-order valence-corrected chi connectivity index (χ0v) is 12.9. The second-order valence-corrected chi connectivity index (χ2v) is 6.79. The second-order valence-electron chi connectivity index (χ2n) is 4.32. The summed E-state index contributed by atoms with van der Waals surface area (Å²) in [7, 11) is -3.72. The van der Waals surface area contributed by atoms with Crippen molar-refractivity contribution in [1.29, 1.82) is 0 Å². The average Bonchev–Trinajstić information content (AvgIpc) is 2.99. The molecule has 0 unspecified atom stereocenters. The summed E-state index contributed by atoms with van der Waals surface area (Å²) < 4.78 is 29.5. The Morgan fingerprint density at radius 3 is 2.76 bits per heavy atom. The van der Waals surface area contributed by atoms with Crippen LogP contribution in [0.5, 0.6) is 0 Å². The molecule has 0 atom stereocenters. The first-order valence-electron chi connectivity index (χ1n) is 6.39. The van der Waals surface area contributed by atoms with Gasteiger partial charge in [-0.3, -0.25) is 9.12 Å². The van der Waals surface area contributed by atoms with E-state index in [1.54, 1.807) is 40.2 Å². The Labute approximate surface area is 126 Å². The van der Waals surface area contributed by atoms with Crippen LogP contribution in [0.15, 0.2) is 46.9 Å². The van der Waals surface area contributed by atoms with Gasteiger partial charge in [0.25, 0.3) is 10.0 Å². The Hall–Kier alpha value is -2.06. The number of para-hydroxylation sites is 1. The summed E-state index contributed by atoms with van der Waals surface area (Å²) in [6.45, 7) is 2.49. The SMILES string of the molecule is CCNc1nc2sccn2c1S(=O)(=O)Nc1ccccc1. The summed E-state index contributed by atoms with van der Waals surface area (Å²) in [5.41, 5.74) is 0.519. The summed E-state index contributed by atoms with van der Waals surface area (Å²) >= 11 is 1.39. The molecule has 0 bridgehead atoms. The Kier molecular flexibility index (Phi) is 3.56. The molecule has 0 saturated heterocycles. The predicted molar refractivity (Wildman–Crippen MR) is 84.5 cm³/mol. The van der Waals surface area contributed by atoms with Crippen molar-refractivity contribution in [3.8, 4) is 0 Å². The Morgan fingerprint density at radius 2 is 2.05 bits per heavy atom. The lowest BCUT2D eigenvalue weighted by molar-refractivity contribution is 0.597. The van der Waals surface area contributed by atoms with Gasteiger partial charge in [0.05, 0.1) is 0 Å². The van der Waals surface area contributed by atoms with E-state index in [2.05, 4.69) is 15.0 Å². The third-order valence-corrected chi connectivity index (χ3v) is 5.00. The fraction of sp³-hybridized carbons (Fsp3) is 0.154. The number of imidazole rings is 1. The summed E-state index contributed by atoms with van der Waals surface area (Å²) in [4.78, 5) is 4.96. The van der Waals surface area contributed by atoms with Gasteiger partial charge in [-0.25, -0.2) is 4.98 Å². The van der Waals surface area contributed by atoms with Crippen molar-refractivity contribution in [2.75, 3.05) is 16.6 Å². The van der Waals surface area contributed by atoms with Crippen LogP contribution >= 0.6 is 11.3 Å². The van der Waals surface area contributed by atoms with Crippen LogP contribution in [0.2, 0.25) is 0 Å². The molecule has 0 aliphatic rings. The molecule has 0 fully saturated rings. The van der Waals surface area contributed by atoms with Crippen molar-refractivity contribution in [3.63, 3.8) is 0 Å². The average molecular weight is 322 g/mol. The lowest BCUT2D eigenvalue weighted by atomic mass is 10.3. The van der Waals surface area contributed by atoms with Gasteiger partial charge in [0.15, 0.2) is 10.8 Å². The highest BCUT2D eigenvalue weighted by Gasteiger charge is 2.25. The van der Waals surface area contributed by atoms with E-state index in [1.807, 2.05) is 13.0 Å². The Balaban J connectivity index is 2.09. The van der Waals surface area contributed by atoms with Gasteiger partial charge in [0.1, 0.15) is 0 Å². The van der Waals surface area contributed by atoms with E-state index in [9.17, 15) is 8.42 Å². The lowest BCUT2D eigenvalue weighted by Gasteiger charge is -2.09. The molecule has 3 aromatic rings. The van der Waals surface area contributed by atoms with E-state index in [-0.39, 0.29) is 5.03 Å². The van der Waals surface area contributed by atoms with E-state index >= 15 is 0 Å². The van der Waals surface area contributed by atoms with Gasteiger partial charge >= 0.3 is 0 Å². The molecular weight excluding hydrogens is 308 g/mol. The molecule has 0 saturated carbocycles. The van der Waals surface area contributed by atoms with Crippen LogP contribution in [0.3, 0.4) is 0 Å². The molecule has 21 heavy (non-hydrogen) atoms. The number of hydrogen-bond donors (Lipinski definition) is 2. The highest BCUT2D eigenvalue weighted by molar-refractivity contribution is 7.92. The van der Waals surface area contributed by atoms with Crippen molar-refractivity contribution in [2.45, 2.75) is 11.9 Å². The topological polar surface area (TPSA) is 75.5 Å². The highest BCUT2D eigenvalue weighted by Crippen LogP contribution is 2.27. The number of nitrogens with one attached hydrogen (secondary N) is 2. The van der Waals surface area contributed by atoms with Gasteiger partial charge in [-0.2, -0.15) is 8.42 Å². The van der Waals surface area contributed by atoms with Crippen molar-refractivity contribution in [2.24, 2.45) is 0 Å². The van der Waals surface area contributed by atoms with Gasteiger partial charge in [0.2, 0.25) is 5.03 Å². The van der Waals surface area contributed by atoms with Crippen molar-refractivity contribution < 1.29 is 8.42 Å². The first-order valence-corrected chi connectivity index (χ1v) is 8.75. The number of aromatic nitrogens is 2. The summed E-state index contributed by atoms with van der Waals surface area (Å²) in [5.74, 6) is 0.368. The first-order chi connectivity index (χ1) is 10.1. The Morgan fingerprint density at radius 1 is 1.29 bits per heavy atom. The monoisotopic (exact) mass is 322 g/mol. The molecule has 2 heterocycles. The number of rotatable bonds is 5.